The molecule has 1 aliphatic heterocycles. The second-order valence-corrected chi connectivity index (χ2v) is 8.13. The van der Waals surface area contributed by atoms with E-state index in [0.29, 0.717) is 15.6 Å². The topological polar surface area (TPSA) is 46.6 Å². The number of nitrogens with zero attached hydrogens (tertiary/aromatic N) is 1. The summed E-state index contributed by atoms with van der Waals surface area (Å²) in [5.74, 6) is 0.382. The van der Waals surface area contributed by atoms with Crippen molar-refractivity contribution in [1.29, 1.82) is 0 Å². The first-order valence-electron chi connectivity index (χ1n) is 7.85. The van der Waals surface area contributed by atoms with Gasteiger partial charge in [-0.2, -0.15) is 0 Å². The molecule has 0 unspecified atom stereocenters. The van der Waals surface area contributed by atoms with E-state index in [1.165, 1.54) is 0 Å². The average molecular weight is 453 g/mol. The van der Waals surface area contributed by atoms with Crippen LogP contribution in [0.3, 0.4) is 0 Å². The summed E-state index contributed by atoms with van der Waals surface area (Å²) in [7, 11) is 0. The van der Waals surface area contributed by atoms with Crippen LogP contribution in [0.15, 0.2) is 51.8 Å². The van der Waals surface area contributed by atoms with Crippen LogP contribution >= 0.6 is 39.3 Å². The fraction of sp³-hybridized carbons (Fsp3) is 0.158. The van der Waals surface area contributed by atoms with Crippen molar-refractivity contribution in [2.75, 3.05) is 4.90 Å². The first-order valence-corrected chi connectivity index (χ1v) is 9.83. The number of anilines is 1. The van der Waals surface area contributed by atoms with E-state index < -0.39 is 0 Å². The van der Waals surface area contributed by atoms with Crippen LogP contribution in [-0.4, -0.2) is 17.3 Å². The highest BCUT2D eigenvalue weighted by molar-refractivity contribution is 9.10. The van der Waals surface area contributed by atoms with Crippen molar-refractivity contribution in [3.63, 3.8) is 0 Å². The summed E-state index contributed by atoms with van der Waals surface area (Å²) in [5.41, 5.74) is 1.30. The van der Waals surface area contributed by atoms with Gasteiger partial charge in [-0.25, -0.2) is 4.90 Å². The molecule has 0 N–H and O–H groups in total. The molecule has 0 spiro atoms. The van der Waals surface area contributed by atoms with E-state index in [2.05, 4.69) is 15.9 Å². The number of rotatable bonds is 4. The molecule has 1 heterocycles. The molecule has 2 aromatic carbocycles. The Morgan fingerprint density at radius 1 is 1.15 bits per heavy atom. The molecule has 0 atom stereocenters. The Morgan fingerprint density at radius 2 is 1.85 bits per heavy atom. The van der Waals surface area contributed by atoms with Crippen molar-refractivity contribution in [2.24, 2.45) is 0 Å². The Balaban J connectivity index is 1.86. The van der Waals surface area contributed by atoms with Gasteiger partial charge in [0, 0.05) is 5.02 Å². The second kappa shape index (κ2) is 7.86. The third-order valence-corrected chi connectivity index (χ3v) is 5.24. The van der Waals surface area contributed by atoms with Crippen molar-refractivity contribution in [1.82, 2.24) is 0 Å². The number of carbonyl (C=O) groups excluding carboxylic acids is 2. The van der Waals surface area contributed by atoms with Gasteiger partial charge in [-0.3, -0.25) is 9.59 Å². The highest BCUT2D eigenvalue weighted by Gasteiger charge is 2.36. The van der Waals surface area contributed by atoms with Gasteiger partial charge in [0.15, 0.2) is 0 Å². The number of ether oxygens (including phenoxy) is 1. The number of carbonyl (C=O) groups is 2. The molecule has 0 radical (unpaired) electrons. The van der Waals surface area contributed by atoms with Crippen molar-refractivity contribution < 1.29 is 14.3 Å². The first kappa shape index (κ1) is 19.0. The standard InChI is InChI=1S/C19H15BrClNO3S/c1-11(2)25-16-8-3-12(9-15(16)20)10-17-18(23)22(19(24)26-17)14-6-4-13(21)5-7-14/h3-11H,1-2H3/b17-10+. The zero-order valence-electron chi connectivity index (χ0n) is 14.0. The summed E-state index contributed by atoms with van der Waals surface area (Å²) in [6, 6.07) is 12.1. The second-order valence-electron chi connectivity index (χ2n) is 5.85. The molecule has 0 bridgehead atoms. The van der Waals surface area contributed by atoms with E-state index in [-0.39, 0.29) is 17.3 Å². The van der Waals surface area contributed by atoms with Crippen LogP contribution in [0.2, 0.25) is 5.02 Å². The van der Waals surface area contributed by atoms with Crippen molar-refractivity contribution >= 4 is 62.2 Å². The molecule has 2 aromatic rings. The summed E-state index contributed by atoms with van der Waals surface area (Å²) in [6.07, 6.45) is 1.76. The Morgan fingerprint density at radius 3 is 2.46 bits per heavy atom. The van der Waals surface area contributed by atoms with Crippen molar-refractivity contribution in [3.8, 4) is 5.75 Å². The molecule has 1 aliphatic rings. The maximum absolute atomic E-state index is 12.6. The Kier molecular flexibility index (Phi) is 5.75. The fourth-order valence-corrected chi connectivity index (χ4v) is 3.85. The van der Waals surface area contributed by atoms with Crippen molar-refractivity contribution in [3.05, 3.63) is 62.4 Å². The molecule has 26 heavy (non-hydrogen) atoms. The highest BCUT2D eigenvalue weighted by atomic mass is 79.9. The Hall–Kier alpha value is -1.76. The van der Waals surface area contributed by atoms with Crippen LogP contribution in [0.25, 0.3) is 6.08 Å². The van der Waals surface area contributed by atoms with Crippen LogP contribution in [0, 0.1) is 0 Å². The van der Waals surface area contributed by atoms with Gasteiger partial charge in [0.2, 0.25) is 0 Å². The number of hydrogen-bond acceptors (Lipinski definition) is 4. The first-order chi connectivity index (χ1) is 12.3. The van der Waals surface area contributed by atoms with Crippen LogP contribution in [0.1, 0.15) is 19.4 Å². The number of hydrogen-bond donors (Lipinski definition) is 0. The summed E-state index contributed by atoms with van der Waals surface area (Å²) in [4.78, 5) is 26.4. The molecular formula is C19H15BrClNO3S. The van der Waals surface area contributed by atoms with Crippen LogP contribution in [0.4, 0.5) is 10.5 Å². The summed E-state index contributed by atoms with van der Waals surface area (Å²) >= 11 is 10.3. The molecule has 0 aromatic heterocycles. The lowest BCUT2D eigenvalue weighted by Crippen LogP contribution is -2.27. The monoisotopic (exact) mass is 451 g/mol. The minimum atomic E-state index is -0.346. The molecule has 134 valence electrons. The lowest BCUT2D eigenvalue weighted by atomic mass is 10.2. The average Bonchev–Trinajstić information content (AvgIpc) is 2.85. The molecule has 3 rings (SSSR count). The van der Waals surface area contributed by atoms with E-state index in [9.17, 15) is 9.59 Å². The lowest BCUT2D eigenvalue weighted by molar-refractivity contribution is -0.113. The summed E-state index contributed by atoms with van der Waals surface area (Å²) < 4.78 is 6.47. The molecule has 7 heteroatoms. The molecule has 1 saturated heterocycles. The van der Waals surface area contributed by atoms with E-state index in [4.69, 9.17) is 16.3 Å². The van der Waals surface area contributed by atoms with E-state index in [1.54, 1.807) is 30.3 Å². The third kappa shape index (κ3) is 4.14. The van der Waals surface area contributed by atoms with Gasteiger partial charge in [-0.1, -0.05) is 17.7 Å². The SMILES string of the molecule is CC(C)Oc1ccc(/C=C2/SC(=O)N(c3ccc(Cl)cc3)C2=O)cc1Br. The normalized spacial score (nSPS) is 16.0. The smallest absolute Gasteiger partial charge is 0.298 e. The molecular weight excluding hydrogens is 438 g/mol. The maximum Gasteiger partial charge on any atom is 0.298 e. The van der Waals surface area contributed by atoms with Gasteiger partial charge in [-0.15, -0.1) is 0 Å². The summed E-state index contributed by atoms with van der Waals surface area (Å²) in [5, 5.41) is 0.215. The predicted molar refractivity (Wildman–Crippen MR) is 110 cm³/mol. The van der Waals surface area contributed by atoms with Crippen molar-refractivity contribution in [2.45, 2.75) is 20.0 Å². The summed E-state index contributed by atoms with van der Waals surface area (Å²) in [6.45, 7) is 3.90. The van der Waals surface area contributed by atoms with Gasteiger partial charge >= 0.3 is 0 Å². The Bertz CT molecular complexity index is 896. The Labute approximate surface area is 169 Å². The van der Waals surface area contributed by atoms with Gasteiger partial charge in [0.25, 0.3) is 11.1 Å². The molecule has 0 aliphatic carbocycles. The lowest BCUT2D eigenvalue weighted by Gasteiger charge is -2.12. The number of benzene rings is 2. The van der Waals surface area contributed by atoms with Gasteiger partial charge in [0.1, 0.15) is 5.75 Å². The van der Waals surface area contributed by atoms with Gasteiger partial charge in [-0.05, 0) is 89.6 Å². The number of thioether (sulfide) groups is 1. The van der Waals surface area contributed by atoms with Gasteiger partial charge < -0.3 is 4.74 Å². The fourth-order valence-electron chi connectivity index (χ4n) is 2.39. The quantitative estimate of drug-likeness (QED) is 0.523. The zero-order valence-corrected chi connectivity index (χ0v) is 17.2. The van der Waals surface area contributed by atoms with Crippen LogP contribution in [0.5, 0.6) is 5.75 Å². The number of imide groups is 1. The minimum Gasteiger partial charge on any atom is -0.490 e. The van der Waals surface area contributed by atoms with E-state index >= 15 is 0 Å². The zero-order chi connectivity index (χ0) is 18.8. The van der Waals surface area contributed by atoms with Gasteiger partial charge in [0.05, 0.1) is 21.2 Å². The van der Waals surface area contributed by atoms with E-state index in [1.807, 2.05) is 32.0 Å². The predicted octanol–water partition coefficient (Wildman–Crippen LogP) is 6.13. The number of halogens is 2. The molecule has 2 amide bonds. The molecule has 0 saturated carbocycles. The molecule has 1 fully saturated rings. The largest absolute Gasteiger partial charge is 0.490 e. The minimum absolute atomic E-state index is 0.0630. The number of amides is 2. The van der Waals surface area contributed by atoms with Crippen LogP contribution < -0.4 is 9.64 Å². The third-order valence-electron chi connectivity index (χ3n) is 3.49. The molecule has 4 nitrogen and oxygen atoms in total. The van der Waals surface area contributed by atoms with E-state index in [0.717, 1.165) is 32.4 Å². The maximum atomic E-state index is 12.6. The highest BCUT2D eigenvalue weighted by Crippen LogP contribution is 2.37. The van der Waals surface area contributed by atoms with Crippen LogP contribution in [-0.2, 0) is 4.79 Å².